The third-order valence-corrected chi connectivity index (χ3v) is 8.75. The Balaban J connectivity index is 1.34. The smallest absolute Gasteiger partial charge is 0.270 e. The van der Waals surface area contributed by atoms with Crippen LogP contribution in [0.15, 0.2) is 42.5 Å². The number of piperidine rings is 1. The van der Waals surface area contributed by atoms with Crippen molar-refractivity contribution >= 4 is 17.7 Å². The van der Waals surface area contributed by atoms with Gasteiger partial charge >= 0.3 is 0 Å². The highest BCUT2D eigenvalue weighted by Gasteiger charge is 2.40. The second kappa shape index (κ2) is 14.9. The number of amides is 3. The normalized spacial score (nSPS) is 24.1. The molecule has 4 aliphatic rings. The van der Waals surface area contributed by atoms with E-state index in [1.165, 1.54) is 12.1 Å². The Kier molecular flexibility index (Phi) is 10.8. The summed E-state index contributed by atoms with van der Waals surface area (Å²) in [5.41, 5.74) is 0.294. The Morgan fingerprint density at radius 2 is 1.82 bits per heavy atom. The molecule has 10 nitrogen and oxygen atoms in total. The highest BCUT2D eigenvalue weighted by atomic mass is 19.1. The largest absolute Gasteiger partial charge is 0.475 e. The summed E-state index contributed by atoms with van der Waals surface area (Å²) in [6.45, 7) is 8.42. The fourth-order valence-electron chi connectivity index (χ4n) is 6.24. The summed E-state index contributed by atoms with van der Waals surface area (Å²) in [4.78, 5) is 50.6. The molecule has 11 heteroatoms. The van der Waals surface area contributed by atoms with Crippen LogP contribution in [0.5, 0.6) is 5.88 Å². The van der Waals surface area contributed by atoms with Crippen molar-refractivity contribution in [2.75, 3.05) is 59.1 Å². The Morgan fingerprint density at radius 3 is 2.59 bits per heavy atom. The summed E-state index contributed by atoms with van der Waals surface area (Å²) in [6, 6.07) is 10.6. The maximum atomic E-state index is 14.6. The first-order chi connectivity index (χ1) is 21.3. The summed E-state index contributed by atoms with van der Waals surface area (Å²) in [5.74, 6) is -0.126. The fourth-order valence-corrected chi connectivity index (χ4v) is 6.24. The van der Waals surface area contributed by atoms with Crippen LogP contribution in [0.2, 0.25) is 0 Å². The number of rotatable bonds is 4. The van der Waals surface area contributed by atoms with E-state index in [1.54, 1.807) is 35.2 Å². The van der Waals surface area contributed by atoms with E-state index in [1.807, 2.05) is 4.90 Å². The van der Waals surface area contributed by atoms with Crippen molar-refractivity contribution in [3.05, 3.63) is 59.5 Å². The first-order valence-electron chi connectivity index (χ1n) is 15.8. The quantitative estimate of drug-likeness (QED) is 0.531. The molecule has 0 saturated carbocycles. The minimum absolute atomic E-state index is 0.0420. The topological polar surface area (TPSA) is 104 Å². The monoisotopic (exact) mass is 609 g/mol. The van der Waals surface area contributed by atoms with Crippen molar-refractivity contribution in [2.24, 2.45) is 11.8 Å². The third-order valence-electron chi connectivity index (χ3n) is 8.75. The molecule has 0 radical (unpaired) electrons. The number of halogens is 1. The molecule has 44 heavy (non-hydrogen) atoms. The van der Waals surface area contributed by atoms with Crippen molar-refractivity contribution in [3.63, 3.8) is 0 Å². The molecule has 4 aliphatic heterocycles. The maximum absolute atomic E-state index is 14.6. The Hall–Kier alpha value is -3.57. The molecule has 0 aliphatic carbocycles. The van der Waals surface area contributed by atoms with Crippen LogP contribution >= 0.6 is 0 Å². The van der Waals surface area contributed by atoms with E-state index < -0.39 is 5.82 Å². The number of hydrogen-bond acceptors (Lipinski definition) is 7. The zero-order chi connectivity index (χ0) is 31.1. The van der Waals surface area contributed by atoms with Crippen LogP contribution in [-0.2, 0) is 9.53 Å². The van der Waals surface area contributed by atoms with E-state index in [-0.39, 0.29) is 66.8 Å². The van der Waals surface area contributed by atoms with Gasteiger partial charge in [0.15, 0.2) is 0 Å². The molecule has 3 amide bonds. The van der Waals surface area contributed by atoms with Gasteiger partial charge in [-0.15, -0.1) is 0 Å². The lowest BCUT2D eigenvalue weighted by Crippen LogP contribution is -2.50. The number of ether oxygens (including phenoxy) is 2. The lowest BCUT2D eigenvalue weighted by Gasteiger charge is -2.37. The third kappa shape index (κ3) is 8.12. The van der Waals surface area contributed by atoms with E-state index >= 15 is 0 Å². The number of nitrogens with one attached hydrogen (secondary N) is 1. The van der Waals surface area contributed by atoms with Gasteiger partial charge in [-0.1, -0.05) is 32.0 Å². The van der Waals surface area contributed by atoms with Gasteiger partial charge in [-0.05, 0) is 62.3 Å². The van der Waals surface area contributed by atoms with Gasteiger partial charge in [0.05, 0.1) is 24.8 Å². The van der Waals surface area contributed by atoms with E-state index in [0.717, 1.165) is 25.8 Å². The Labute approximate surface area is 258 Å². The summed E-state index contributed by atoms with van der Waals surface area (Å²) >= 11 is 0. The molecule has 0 unspecified atom stereocenters. The summed E-state index contributed by atoms with van der Waals surface area (Å²) in [7, 11) is 0. The van der Waals surface area contributed by atoms with Gasteiger partial charge in [0, 0.05) is 44.8 Å². The van der Waals surface area contributed by atoms with E-state index in [0.29, 0.717) is 50.9 Å². The number of likely N-dealkylation sites (tertiary alicyclic amines) is 1. The summed E-state index contributed by atoms with van der Waals surface area (Å²) < 4.78 is 26.1. The van der Waals surface area contributed by atoms with Crippen LogP contribution in [0.3, 0.4) is 0 Å². The van der Waals surface area contributed by atoms with Crippen LogP contribution < -0.4 is 10.1 Å². The van der Waals surface area contributed by atoms with E-state index in [4.69, 9.17) is 9.47 Å². The molecule has 1 aromatic carbocycles. The van der Waals surface area contributed by atoms with Crippen LogP contribution in [-0.4, -0.2) is 109 Å². The second-order valence-electron chi connectivity index (χ2n) is 12.4. The van der Waals surface area contributed by atoms with Crippen LogP contribution in [0.25, 0.3) is 0 Å². The number of pyridine rings is 1. The number of fused-ring (bicyclic) bond motifs is 10. The number of hydrogen-bond donors (Lipinski definition) is 1. The Bertz CT molecular complexity index is 1300. The van der Waals surface area contributed by atoms with Gasteiger partial charge < -0.3 is 24.6 Å². The molecule has 6 rings (SSSR count). The van der Waals surface area contributed by atoms with E-state index in [2.05, 4.69) is 29.0 Å². The van der Waals surface area contributed by atoms with Gasteiger partial charge in [0.2, 0.25) is 11.8 Å². The molecular weight excluding hydrogens is 565 g/mol. The predicted molar refractivity (Wildman–Crippen MR) is 163 cm³/mol. The number of aromatic nitrogens is 1. The lowest BCUT2D eigenvalue weighted by atomic mass is 9.95. The zero-order valence-corrected chi connectivity index (χ0v) is 25.8. The summed E-state index contributed by atoms with van der Waals surface area (Å²) in [6.07, 6.45) is 3.01. The number of carbonyl (C=O) groups excluding carboxylic acids is 3. The minimum atomic E-state index is -0.547. The first-order valence-corrected chi connectivity index (χ1v) is 15.8. The maximum Gasteiger partial charge on any atom is 0.270 e. The standard InChI is InChI=1S/C33H44FN5O5/c1-23(2)10-13-38-22-25-20-29(38)33(42)37-14-11-24(12-15-37)21-39(32(41)26-6-3-4-7-27(26)34)16-17-43-18-19-44-30-9-5-8-28(36-30)31(40)35-25/h3-9,23-25,29H,10-22H2,1-2H3,(H,35,40)/t25-,29+/m1/s1. The molecule has 238 valence electrons. The average Bonchev–Trinajstić information content (AvgIpc) is 3.43. The number of benzene rings is 1. The van der Waals surface area contributed by atoms with Crippen LogP contribution in [0.1, 0.15) is 60.4 Å². The van der Waals surface area contributed by atoms with Crippen molar-refractivity contribution in [2.45, 2.75) is 51.6 Å². The van der Waals surface area contributed by atoms with Gasteiger partial charge in [-0.25, -0.2) is 9.37 Å². The molecule has 1 aromatic heterocycles. The lowest BCUT2D eigenvalue weighted by molar-refractivity contribution is -0.137. The fraction of sp³-hybridized carbons (Fsp3) is 0.576. The molecule has 2 aromatic rings. The second-order valence-corrected chi connectivity index (χ2v) is 12.4. The molecule has 2 atom stereocenters. The minimum Gasteiger partial charge on any atom is -0.475 e. The number of carbonyl (C=O) groups is 3. The average molecular weight is 610 g/mol. The van der Waals surface area contributed by atoms with Crippen molar-refractivity contribution in [1.29, 1.82) is 0 Å². The van der Waals surface area contributed by atoms with Crippen LogP contribution in [0.4, 0.5) is 4.39 Å². The van der Waals surface area contributed by atoms with Gasteiger partial charge in [0.1, 0.15) is 18.1 Å². The highest BCUT2D eigenvalue weighted by molar-refractivity contribution is 5.94. The number of nitrogens with zero attached hydrogens (tertiary/aromatic N) is 4. The molecule has 2 fully saturated rings. The molecule has 5 heterocycles. The Morgan fingerprint density at radius 1 is 1.02 bits per heavy atom. The van der Waals surface area contributed by atoms with Gasteiger partial charge in [-0.2, -0.15) is 0 Å². The van der Waals surface area contributed by atoms with Crippen molar-refractivity contribution in [1.82, 2.24) is 25.0 Å². The zero-order valence-electron chi connectivity index (χ0n) is 25.8. The summed E-state index contributed by atoms with van der Waals surface area (Å²) in [5, 5.41) is 3.10. The van der Waals surface area contributed by atoms with E-state index in [9.17, 15) is 18.8 Å². The SMILES string of the molecule is CC(C)CCN1C[C@H]2C[C@H]1C(=O)N1CCC(CC1)CN(C(=O)c1ccccc1F)CCOCCOc1cccc(n1)C(=O)N2. The van der Waals surface area contributed by atoms with Crippen LogP contribution in [0, 0.1) is 17.7 Å². The molecule has 6 bridgehead atoms. The predicted octanol–water partition coefficient (Wildman–Crippen LogP) is 3.23. The van der Waals surface area contributed by atoms with Crippen molar-refractivity contribution < 1.29 is 28.2 Å². The van der Waals surface area contributed by atoms with Gasteiger partial charge in [0.25, 0.3) is 11.8 Å². The first kappa shape index (κ1) is 31.8. The molecule has 1 N–H and O–H groups in total. The van der Waals surface area contributed by atoms with Crippen molar-refractivity contribution in [3.8, 4) is 5.88 Å². The molecular formula is C33H44FN5O5. The molecule has 2 saturated heterocycles. The van der Waals surface area contributed by atoms with Gasteiger partial charge in [-0.3, -0.25) is 19.3 Å². The highest BCUT2D eigenvalue weighted by Crippen LogP contribution is 2.26. The molecule has 0 spiro atoms.